The molecule has 1 aliphatic carbocycles. The number of nitrogens with zero attached hydrogens (tertiary/aromatic N) is 2. The second-order valence-corrected chi connectivity index (χ2v) is 6.85. The van der Waals surface area contributed by atoms with Crippen molar-refractivity contribution in [2.75, 3.05) is 6.54 Å². The van der Waals surface area contributed by atoms with Crippen LogP contribution in [0.2, 0.25) is 0 Å². The maximum atomic E-state index is 4.78. The van der Waals surface area contributed by atoms with Crippen molar-refractivity contribution in [3.63, 3.8) is 0 Å². The summed E-state index contributed by atoms with van der Waals surface area (Å²) in [6, 6.07) is 0.497. The van der Waals surface area contributed by atoms with Gasteiger partial charge in [0.05, 0.1) is 5.69 Å². The van der Waals surface area contributed by atoms with E-state index in [1.807, 2.05) is 0 Å². The molecule has 19 heavy (non-hydrogen) atoms. The first-order valence-corrected chi connectivity index (χ1v) is 7.71. The van der Waals surface area contributed by atoms with E-state index in [0.717, 1.165) is 13.1 Å². The fraction of sp³-hybridized carbons (Fsp3) is 0.812. The molecule has 0 radical (unpaired) electrons. The van der Waals surface area contributed by atoms with Crippen LogP contribution in [0.3, 0.4) is 0 Å². The van der Waals surface area contributed by atoms with Gasteiger partial charge in [-0.3, -0.25) is 0 Å². The number of nitrogens with one attached hydrogen (secondary N) is 1. The molecule has 1 aromatic heterocycles. The van der Waals surface area contributed by atoms with Gasteiger partial charge in [0.1, 0.15) is 5.82 Å². The Morgan fingerprint density at radius 1 is 1.26 bits per heavy atom. The molecule has 0 aliphatic heterocycles. The standard InChI is InChI=1S/C16H29N3/c1-6-17-15(16(3,4)5)11-19-12(2)18-13-9-7-8-10-14(13)19/h15,17H,6-11H2,1-5H3. The highest BCUT2D eigenvalue weighted by atomic mass is 15.1. The third-order valence-corrected chi connectivity index (χ3v) is 4.28. The minimum absolute atomic E-state index is 0.272. The highest BCUT2D eigenvalue weighted by molar-refractivity contribution is 5.20. The molecule has 0 saturated heterocycles. The molecule has 1 N–H and O–H groups in total. The quantitative estimate of drug-likeness (QED) is 0.904. The topological polar surface area (TPSA) is 29.9 Å². The van der Waals surface area contributed by atoms with Crippen molar-refractivity contribution in [1.29, 1.82) is 0 Å². The summed E-state index contributed by atoms with van der Waals surface area (Å²) in [6.07, 6.45) is 5.00. The van der Waals surface area contributed by atoms with Gasteiger partial charge in [-0.15, -0.1) is 0 Å². The molecule has 3 nitrogen and oxygen atoms in total. The molecule has 1 unspecified atom stereocenters. The van der Waals surface area contributed by atoms with Crippen molar-refractivity contribution in [2.24, 2.45) is 5.41 Å². The summed E-state index contributed by atoms with van der Waals surface area (Å²) in [5.74, 6) is 1.19. The predicted octanol–water partition coefficient (Wildman–Crippen LogP) is 3.09. The van der Waals surface area contributed by atoms with E-state index in [0.29, 0.717) is 6.04 Å². The lowest BCUT2D eigenvalue weighted by Crippen LogP contribution is -2.43. The van der Waals surface area contributed by atoms with Crippen LogP contribution in [0.1, 0.15) is 57.7 Å². The van der Waals surface area contributed by atoms with E-state index >= 15 is 0 Å². The molecule has 1 heterocycles. The smallest absolute Gasteiger partial charge is 0.106 e. The first-order valence-electron chi connectivity index (χ1n) is 7.71. The highest BCUT2D eigenvalue weighted by Crippen LogP contribution is 2.26. The number of hydrogen-bond acceptors (Lipinski definition) is 2. The molecule has 2 rings (SSSR count). The summed E-state index contributed by atoms with van der Waals surface area (Å²) >= 11 is 0. The summed E-state index contributed by atoms with van der Waals surface area (Å²) in [4.78, 5) is 4.78. The van der Waals surface area contributed by atoms with Gasteiger partial charge >= 0.3 is 0 Å². The lowest BCUT2D eigenvalue weighted by Gasteiger charge is -2.33. The third kappa shape index (κ3) is 3.19. The third-order valence-electron chi connectivity index (χ3n) is 4.28. The van der Waals surface area contributed by atoms with Gasteiger partial charge in [0, 0.05) is 18.3 Å². The summed E-state index contributed by atoms with van der Waals surface area (Å²) in [6.45, 7) is 13.4. The number of imidazole rings is 1. The fourth-order valence-corrected chi connectivity index (χ4v) is 3.05. The number of rotatable bonds is 4. The predicted molar refractivity (Wildman–Crippen MR) is 80.5 cm³/mol. The van der Waals surface area contributed by atoms with E-state index in [2.05, 4.69) is 44.5 Å². The normalized spacial score (nSPS) is 17.3. The number of hydrogen-bond donors (Lipinski definition) is 1. The SMILES string of the molecule is CCNC(Cn1c(C)nc2c1CCCC2)C(C)(C)C. The second kappa shape index (κ2) is 5.66. The molecule has 1 aliphatic rings. The van der Waals surface area contributed by atoms with Crippen LogP contribution >= 0.6 is 0 Å². The van der Waals surface area contributed by atoms with Gasteiger partial charge < -0.3 is 9.88 Å². The van der Waals surface area contributed by atoms with Crippen LogP contribution in [0.5, 0.6) is 0 Å². The van der Waals surface area contributed by atoms with E-state index in [9.17, 15) is 0 Å². The minimum Gasteiger partial charge on any atom is -0.330 e. The number of likely N-dealkylation sites (N-methyl/N-ethyl adjacent to an activating group) is 1. The molecule has 0 fully saturated rings. The van der Waals surface area contributed by atoms with Crippen molar-refractivity contribution in [3.05, 3.63) is 17.2 Å². The molecule has 0 amide bonds. The molecule has 0 bridgehead atoms. The fourth-order valence-electron chi connectivity index (χ4n) is 3.05. The first kappa shape index (κ1) is 14.6. The van der Waals surface area contributed by atoms with Gasteiger partial charge in [-0.05, 0) is 44.6 Å². The zero-order valence-corrected chi connectivity index (χ0v) is 13.2. The molecule has 0 spiro atoms. The highest BCUT2D eigenvalue weighted by Gasteiger charge is 2.27. The van der Waals surface area contributed by atoms with E-state index in [1.54, 1.807) is 0 Å². The molecule has 1 atom stereocenters. The van der Waals surface area contributed by atoms with Crippen LogP contribution in [0, 0.1) is 12.3 Å². The molecular weight excluding hydrogens is 234 g/mol. The number of fused-ring (bicyclic) bond motifs is 1. The lowest BCUT2D eigenvalue weighted by atomic mass is 9.86. The van der Waals surface area contributed by atoms with Crippen molar-refractivity contribution >= 4 is 0 Å². The van der Waals surface area contributed by atoms with Crippen LogP contribution in [-0.4, -0.2) is 22.1 Å². The second-order valence-electron chi connectivity index (χ2n) is 6.85. The lowest BCUT2D eigenvalue weighted by molar-refractivity contribution is 0.242. The van der Waals surface area contributed by atoms with E-state index in [-0.39, 0.29) is 5.41 Å². The Morgan fingerprint density at radius 3 is 2.58 bits per heavy atom. The molecule has 0 saturated carbocycles. The Hall–Kier alpha value is -0.830. The van der Waals surface area contributed by atoms with Gasteiger partial charge in [-0.2, -0.15) is 0 Å². The number of aromatic nitrogens is 2. The Kier molecular flexibility index (Phi) is 4.34. The number of aryl methyl sites for hydroxylation is 2. The summed E-state index contributed by atoms with van der Waals surface area (Å²) in [5, 5.41) is 3.65. The van der Waals surface area contributed by atoms with Crippen LogP contribution < -0.4 is 5.32 Å². The Balaban J connectivity index is 2.24. The van der Waals surface area contributed by atoms with Crippen LogP contribution in [0.15, 0.2) is 0 Å². The summed E-state index contributed by atoms with van der Waals surface area (Å²) in [7, 11) is 0. The minimum atomic E-state index is 0.272. The van der Waals surface area contributed by atoms with Gasteiger partial charge in [0.15, 0.2) is 0 Å². The molecular formula is C16H29N3. The first-order chi connectivity index (χ1) is 8.93. The van der Waals surface area contributed by atoms with Crippen molar-refractivity contribution < 1.29 is 0 Å². The van der Waals surface area contributed by atoms with Crippen molar-refractivity contribution in [3.8, 4) is 0 Å². The Labute approximate surface area is 117 Å². The molecule has 0 aromatic carbocycles. The average molecular weight is 263 g/mol. The van der Waals surface area contributed by atoms with E-state index < -0.39 is 0 Å². The molecule has 3 heteroatoms. The van der Waals surface area contributed by atoms with Gasteiger partial charge in [-0.25, -0.2) is 4.98 Å². The monoisotopic (exact) mass is 263 g/mol. The maximum Gasteiger partial charge on any atom is 0.106 e. The summed E-state index contributed by atoms with van der Waals surface area (Å²) < 4.78 is 2.47. The van der Waals surface area contributed by atoms with Gasteiger partial charge in [0.2, 0.25) is 0 Å². The van der Waals surface area contributed by atoms with Crippen molar-refractivity contribution in [2.45, 2.75) is 72.9 Å². The van der Waals surface area contributed by atoms with E-state index in [4.69, 9.17) is 4.98 Å². The molecule has 108 valence electrons. The Bertz CT molecular complexity index is 426. The zero-order chi connectivity index (χ0) is 14.0. The van der Waals surface area contributed by atoms with Crippen LogP contribution in [0.4, 0.5) is 0 Å². The Morgan fingerprint density at radius 2 is 1.95 bits per heavy atom. The van der Waals surface area contributed by atoms with E-state index in [1.165, 1.54) is 42.9 Å². The molecule has 1 aromatic rings. The zero-order valence-electron chi connectivity index (χ0n) is 13.2. The largest absolute Gasteiger partial charge is 0.330 e. The average Bonchev–Trinajstić information content (AvgIpc) is 2.64. The van der Waals surface area contributed by atoms with Crippen molar-refractivity contribution in [1.82, 2.24) is 14.9 Å². The summed E-state index contributed by atoms with van der Waals surface area (Å²) in [5.41, 5.74) is 3.12. The van der Waals surface area contributed by atoms with Gasteiger partial charge in [0.25, 0.3) is 0 Å². The van der Waals surface area contributed by atoms with Crippen LogP contribution in [0.25, 0.3) is 0 Å². The van der Waals surface area contributed by atoms with Crippen LogP contribution in [-0.2, 0) is 19.4 Å². The van der Waals surface area contributed by atoms with Gasteiger partial charge in [-0.1, -0.05) is 27.7 Å². The maximum absolute atomic E-state index is 4.78.